The number of hydrogen-bond donors (Lipinski definition) is 1. The van der Waals surface area contributed by atoms with E-state index >= 15 is 0 Å². The van der Waals surface area contributed by atoms with Gasteiger partial charge in [0.15, 0.2) is 0 Å². The molecule has 0 aliphatic rings. The van der Waals surface area contributed by atoms with Gasteiger partial charge in [0.25, 0.3) is 0 Å². The first-order valence-corrected chi connectivity index (χ1v) is 7.44. The van der Waals surface area contributed by atoms with Crippen molar-refractivity contribution in [2.75, 3.05) is 5.32 Å². The van der Waals surface area contributed by atoms with Crippen LogP contribution in [0, 0.1) is 12.8 Å². The summed E-state index contributed by atoms with van der Waals surface area (Å²) in [6.07, 6.45) is 0. The number of hydrogen-bond acceptors (Lipinski definition) is 1. The fourth-order valence-corrected chi connectivity index (χ4v) is 2.40. The van der Waals surface area contributed by atoms with E-state index in [0.717, 1.165) is 4.47 Å². The molecule has 100 valence electrons. The second-order valence-electron chi connectivity index (χ2n) is 5.28. The van der Waals surface area contributed by atoms with Gasteiger partial charge in [-0.1, -0.05) is 59.6 Å². The summed E-state index contributed by atoms with van der Waals surface area (Å²) in [6.45, 7) is 6.60. The van der Waals surface area contributed by atoms with Crippen molar-refractivity contribution in [3.05, 3.63) is 64.1 Å². The summed E-state index contributed by atoms with van der Waals surface area (Å²) >= 11 is 3.49. The predicted octanol–water partition coefficient (Wildman–Crippen LogP) is 5.57. The van der Waals surface area contributed by atoms with Crippen molar-refractivity contribution in [3.8, 4) is 0 Å². The van der Waals surface area contributed by atoms with Gasteiger partial charge in [-0.05, 0) is 42.7 Å². The first-order chi connectivity index (χ1) is 9.06. The molecule has 1 unspecified atom stereocenters. The van der Waals surface area contributed by atoms with Crippen LogP contribution < -0.4 is 5.32 Å². The summed E-state index contributed by atoms with van der Waals surface area (Å²) in [5.74, 6) is 0.530. The van der Waals surface area contributed by atoms with E-state index in [1.807, 2.05) is 0 Å². The first-order valence-electron chi connectivity index (χ1n) is 6.65. The lowest BCUT2D eigenvalue weighted by atomic mass is 9.96. The molecule has 0 fully saturated rings. The van der Waals surface area contributed by atoms with E-state index in [0.29, 0.717) is 12.0 Å². The molecule has 19 heavy (non-hydrogen) atoms. The first kappa shape index (κ1) is 14.1. The Balaban J connectivity index is 2.21. The van der Waals surface area contributed by atoms with Crippen LogP contribution >= 0.6 is 15.9 Å². The van der Waals surface area contributed by atoms with Crippen LogP contribution in [0.3, 0.4) is 0 Å². The normalized spacial score (nSPS) is 12.5. The lowest BCUT2D eigenvalue weighted by Gasteiger charge is -2.24. The zero-order valence-electron chi connectivity index (χ0n) is 11.7. The van der Waals surface area contributed by atoms with Crippen molar-refractivity contribution in [1.82, 2.24) is 0 Å². The zero-order chi connectivity index (χ0) is 13.8. The largest absolute Gasteiger partial charge is 0.378 e. The molecule has 2 heteroatoms. The topological polar surface area (TPSA) is 12.0 Å². The molecule has 2 aromatic carbocycles. The molecule has 0 aromatic heterocycles. The second-order valence-corrected chi connectivity index (χ2v) is 6.20. The van der Waals surface area contributed by atoms with E-state index in [-0.39, 0.29) is 0 Å². The fourth-order valence-electron chi connectivity index (χ4n) is 2.13. The van der Waals surface area contributed by atoms with Gasteiger partial charge in [-0.2, -0.15) is 0 Å². The molecule has 0 radical (unpaired) electrons. The van der Waals surface area contributed by atoms with E-state index in [9.17, 15) is 0 Å². The summed E-state index contributed by atoms with van der Waals surface area (Å²) in [7, 11) is 0. The lowest BCUT2D eigenvalue weighted by Crippen LogP contribution is -2.16. The minimum Gasteiger partial charge on any atom is -0.378 e. The Kier molecular flexibility index (Phi) is 4.65. The molecule has 1 nitrogen and oxygen atoms in total. The maximum absolute atomic E-state index is 3.63. The number of nitrogens with one attached hydrogen (secondary N) is 1. The van der Waals surface area contributed by atoms with E-state index < -0.39 is 0 Å². The van der Waals surface area contributed by atoms with Crippen molar-refractivity contribution in [3.63, 3.8) is 0 Å². The molecule has 2 aromatic rings. The molecule has 2 rings (SSSR count). The molecule has 1 N–H and O–H groups in total. The van der Waals surface area contributed by atoms with E-state index in [4.69, 9.17) is 0 Å². The highest BCUT2D eigenvalue weighted by Gasteiger charge is 2.15. The van der Waals surface area contributed by atoms with Gasteiger partial charge in [-0.3, -0.25) is 0 Å². The Morgan fingerprint density at radius 1 is 0.895 bits per heavy atom. The predicted molar refractivity (Wildman–Crippen MR) is 86.5 cm³/mol. The van der Waals surface area contributed by atoms with Crippen LogP contribution in [0.4, 0.5) is 5.69 Å². The maximum atomic E-state index is 3.63. The van der Waals surface area contributed by atoms with Crippen molar-refractivity contribution < 1.29 is 0 Å². The Labute approximate surface area is 124 Å². The molecule has 0 spiro atoms. The van der Waals surface area contributed by atoms with E-state index in [1.54, 1.807) is 0 Å². The molecular formula is C17H20BrN. The third kappa shape index (κ3) is 3.84. The van der Waals surface area contributed by atoms with Crippen LogP contribution in [-0.2, 0) is 0 Å². The molecular weight excluding hydrogens is 298 g/mol. The van der Waals surface area contributed by atoms with Gasteiger partial charge in [0.2, 0.25) is 0 Å². The maximum Gasteiger partial charge on any atom is 0.0536 e. The number of anilines is 1. The molecule has 0 saturated carbocycles. The Hall–Kier alpha value is -1.28. The van der Waals surface area contributed by atoms with Gasteiger partial charge >= 0.3 is 0 Å². The van der Waals surface area contributed by atoms with Crippen LogP contribution in [0.2, 0.25) is 0 Å². The van der Waals surface area contributed by atoms with Crippen molar-refractivity contribution in [2.45, 2.75) is 26.8 Å². The van der Waals surface area contributed by atoms with Crippen molar-refractivity contribution >= 4 is 21.6 Å². The zero-order valence-corrected chi connectivity index (χ0v) is 13.2. The monoisotopic (exact) mass is 317 g/mol. The van der Waals surface area contributed by atoms with E-state index in [1.165, 1.54) is 16.8 Å². The average molecular weight is 318 g/mol. The second kappa shape index (κ2) is 6.25. The Morgan fingerprint density at radius 2 is 1.47 bits per heavy atom. The van der Waals surface area contributed by atoms with E-state index in [2.05, 4.69) is 90.5 Å². The molecule has 1 atom stereocenters. The van der Waals surface area contributed by atoms with Crippen LogP contribution in [0.5, 0.6) is 0 Å². The highest BCUT2D eigenvalue weighted by molar-refractivity contribution is 9.10. The summed E-state index contributed by atoms with van der Waals surface area (Å²) in [5, 5.41) is 3.63. The smallest absolute Gasteiger partial charge is 0.0536 e. The highest BCUT2D eigenvalue weighted by atomic mass is 79.9. The van der Waals surface area contributed by atoms with Crippen LogP contribution in [0.1, 0.15) is 31.0 Å². The van der Waals surface area contributed by atoms with Crippen molar-refractivity contribution in [2.24, 2.45) is 5.92 Å². The lowest BCUT2D eigenvalue weighted by molar-refractivity contribution is 0.546. The summed E-state index contributed by atoms with van der Waals surface area (Å²) in [4.78, 5) is 0. The SMILES string of the molecule is Cc1ccc(NC(c2ccc(Br)cc2)C(C)C)cc1. The average Bonchev–Trinajstić information content (AvgIpc) is 2.39. The number of benzene rings is 2. The van der Waals surface area contributed by atoms with Gasteiger partial charge in [-0.15, -0.1) is 0 Å². The summed E-state index contributed by atoms with van der Waals surface area (Å²) < 4.78 is 1.12. The van der Waals surface area contributed by atoms with Crippen LogP contribution in [-0.4, -0.2) is 0 Å². The summed E-state index contributed by atoms with van der Waals surface area (Å²) in [5.41, 5.74) is 3.78. The minimum atomic E-state index is 0.329. The Bertz CT molecular complexity index is 514. The van der Waals surface area contributed by atoms with Gasteiger partial charge in [0, 0.05) is 10.2 Å². The number of rotatable bonds is 4. The molecule has 0 amide bonds. The van der Waals surface area contributed by atoms with Gasteiger partial charge < -0.3 is 5.32 Å². The molecule has 0 aliphatic carbocycles. The molecule has 0 saturated heterocycles. The summed E-state index contributed by atoms with van der Waals surface area (Å²) in [6, 6.07) is 17.4. The fraction of sp³-hybridized carbons (Fsp3) is 0.294. The quantitative estimate of drug-likeness (QED) is 0.777. The van der Waals surface area contributed by atoms with Gasteiger partial charge in [-0.25, -0.2) is 0 Å². The molecule has 0 heterocycles. The third-order valence-corrected chi connectivity index (χ3v) is 3.80. The van der Waals surface area contributed by atoms with Gasteiger partial charge in [0.05, 0.1) is 6.04 Å². The molecule has 0 bridgehead atoms. The van der Waals surface area contributed by atoms with Crippen molar-refractivity contribution in [1.29, 1.82) is 0 Å². The standard InChI is InChI=1S/C17H20BrN/c1-12(2)17(14-6-8-15(18)9-7-14)19-16-10-4-13(3)5-11-16/h4-12,17,19H,1-3H3. The highest BCUT2D eigenvalue weighted by Crippen LogP contribution is 2.27. The number of aryl methyl sites for hydroxylation is 1. The minimum absolute atomic E-state index is 0.329. The number of halogens is 1. The Morgan fingerprint density at radius 3 is 2.00 bits per heavy atom. The van der Waals surface area contributed by atoms with Gasteiger partial charge in [0.1, 0.15) is 0 Å². The third-order valence-electron chi connectivity index (χ3n) is 3.27. The van der Waals surface area contributed by atoms with Crippen LogP contribution in [0.25, 0.3) is 0 Å². The molecule has 0 aliphatic heterocycles. The van der Waals surface area contributed by atoms with Crippen LogP contribution in [0.15, 0.2) is 53.0 Å².